The molecule has 3 aromatic rings. The third kappa shape index (κ3) is 3.40. The van der Waals surface area contributed by atoms with E-state index < -0.39 is 0 Å². The van der Waals surface area contributed by atoms with E-state index in [1.54, 1.807) is 18.5 Å². The van der Waals surface area contributed by atoms with E-state index in [2.05, 4.69) is 20.3 Å². The van der Waals surface area contributed by atoms with Gasteiger partial charge in [0.25, 0.3) is 0 Å². The molecule has 0 bridgehead atoms. The zero-order valence-electron chi connectivity index (χ0n) is 15.5. The van der Waals surface area contributed by atoms with Crippen LogP contribution in [0.25, 0.3) is 5.69 Å². The summed E-state index contributed by atoms with van der Waals surface area (Å²) in [6.45, 7) is 4.82. The number of nitrogens with one attached hydrogen (secondary N) is 1. The second-order valence-electron chi connectivity index (χ2n) is 6.72. The number of carbonyl (C=O) groups is 1. The summed E-state index contributed by atoms with van der Waals surface area (Å²) in [7, 11) is 0. The highest BCUT2D eigenvalue weighted by molar-refractivity contribution is 5.97. The lowest BCUT2D eigenvalue weighted by Crippen LogP contribution is -2.40. The van der Waals surface area contributed by atoms with Gasteiger partial charge in [-0.2, -0.15) is 0 Å². The number of hydrogen-bond acceptors (Lipinski definition) is 5. The van der Waals surface area contributed by atoms with E-state index in [0.29, 0.717) is 5.95 Å². The van der Waals surface area contributed by atoms with Gasteiger partial charge >= 0.3 is 0 Å². The van der Waals surface area contributed by atoms with Crippen LogP contribution in [0.3, 0.4) is 0 Å². The quantitative estimate of drug-likeness (QED) is 0.772. The van der Waals surface area contributed by atoms with Crippen LogP contribution in [0.5, 0.6) is 0 Å². The Morgan fingerprint density at radius 2 is 1.85 bits per heavy atom. The van der Waals surface area contributed by atoms with Gasteiger partial charge in [-0.15, -0.1) is 0 Å². The highest BCUT2D eigenvalue weighted by Gasteiger charge is 2.32. The first-order valence-corrected chi connectivity index (χ1v) is 9.09. The van der Waals surface area contributed by atoms with Crippen molar-refractivity contribution >= 4 is 17.5 Å². The van der Waals surface area contributed by atoms with E-state index in [1.807, 2.05) is 53.9 Å². The molecule has 3 heterocycles. The fourth-order valence-corrected chi connectivity index (χ4v) is 3.41. The Bertz CT molecular complexity index is 935. The van der Waals surface area contributed by atoms with Crippen LogP contribution in [-0.2, 0) is 4.79 Å². The highest BCUT2D eigenvalue weighted by atomic mass is 16.2. The van der Waals surface area contributed by atoms with E-state index in [1.165, 1.54) is 0 Å². The Labute approximate surface area is 158 Å². The number of carbonyl (C=O) groups excluding carboxylic acids is 1. The minimum atomic E-state index is -0.245. The van der Waals surface area contributed by atoms with Gasteiger partial charge in [-0.1, -0.05) is 0 Å². The summed E-state index contributed by atoms with van der Waals surface area (Å²) in [4.78, 5) is 27.7. The highest BCUT2D eigenvalue weighted by Crippen LogP contribution is 2.23. The summed E-state index contributed by atoms with van der Waals surface area (Å²) < 4.78 is 2.03. The number of amides is 1. The van der Waals surface area contributed by atoms with Crippen LogP contribution >= 0.6 is 0 Å². The zero-order valence-corrected chi connectivity index (χ0v) is 15.5. The predicted molar refractivity (Wildman–Crippen MR) is 104 cm³/mol. The summed E-state index contributed by atoms with van der Waals surface area (Å²) in [6, 6.07) is 9.33. The summed E-state index contributed by atoms with van der Waals surface area (Å²) in [5.74, 6) is 0.582. The van der Waals surface area contributed by atoms with Crippen LogP contribution in [-0.4, -0.2) is 38.0 Å². The second kappa shape index (κ2) is 7.19. The van der Waals surface area contributed by atoms with Crippen LogP contribution in [0.4, 0.5) is 11.6 Å². The first-order valence-electron chi connectivity index (χ1n) is 9.09. The molecule has 138 valence electrons. The molecule has 1 atom stereocenters. The number of imidazole rings is 1. The van der Waals surface area contributed by atoms with Crippen LogP contribution < -0.4 is 10.2 Å². The van der Waals surface area contributed by atoms with Crippen molar-refractivity contribution in [1.29, 1.82) is 0 Å². The average molecular weight is 362 g/mol. The lowest BCUT2D eigenvalue weighted by atomic mass is 10.2. The molecular formula is C20H22N6O. The van der Waals surface area contributed by atoms with Crippen LogP contribution in [0, 0.1) is 13.8 Å². The molecule has 1 unspecified atom stereocenters. The molecular weight excluding hydrogens is 340 g/mol. The number of aryl methyl sites for hydroxylation is 1. The minimum absolute atomic E-state index is 0.0256. The summed E-state index contributed by atoms with van der Waals surface area (Å²) >= 11 is 0. The molecule has 1 amide bonds. The largest absolute Gasteiger partial charge is 0.329 e. The van der Waals surface area contributed by atoms with Crippen LogP contribution in [0.1, 0.15) is 24.2 Å². The molecule has 1 aliphatic rings. The van der Waals surface area contributed by atoms with Gasteiger partial charge in [-0.25, -0.2) is 15.0 Å². The first-order chi connectivity index (χ1) is 13.1. The van der Waals surface area contributed by atoms with Crippen LogP contribution in [0.15, 0.2) is 49.1 Å². The predicted octanol–water partition coefficient (Wildman–Crippen LogP) is 2.89. The molecule has 1 N–H and O–H groups in total. The number of benzene rings is 1. The lowest BCUT2D eigenvalue weighted by Gasteiger charge is -2.23. The van der Waals surface area contributed by atoms with Gasteiger partial charge in [0, 0.05) is 36.0 Å². The Morgan fingerprint density at radius 1 is 1.11 bits per heavy atom. The Kier molecular flexibility index (Phi) is 4.58. The molecule has 7 heteroatoms. The van der Waals surface area contributed by atoms with Crippen LogP contribution in [0.2, 0.25) is 0 Å². The van der Waals surface area contributed by atoms with E-state index in [9.17, 15) is 4.79 Å². The van der Waals surface area contributed by atoms with Crippen molar-refractivity contribution in [3.05, 3.63) is 60.4 Å². The van der Waals surface area contributed by atoms with Gasteiger partial charge in [0.05, 0.1) is 12.0 Å². The fraction of sp³-hybridized carbons (Fsp3) is 0.300. The summed E-state index contributed by atoms with van der Waals surface area (Å²) in [6.07, 6.45) is 6.97. The molecule has 1 fully saturated rings. The molecule has 1 aliphatic heterocycles. The second-order valence-corrected chi connectivity index (χ2v) is 6.72. The summed E-state index contributed by atoms with van der Waals surface area (Å²) in [5, 5.41) is 3.02. The Morgan fingerprint density at radius 3 is 2.52 bits per heavy atom. The maximum Gasteiger partial charge on any atom is 0.247 e. The van der Waals surface area contributed by atoms with Crippen molar-refractivity contribution in [2.45, 2.75) is 32.7 Å². The molecule has 0 spiro atoms. The number of nitrogens with zero attached hydrogens (tertiary/aromatic N) is 5. The lowest BCUT2D eigenvalue weighted by molar-refractivity contribution is -0.117. The number of rotatable bonds is 4. The molecule has 7 nitrogen and oxygen atoms in total. The minimum Gasteiger partial charge on any atom is -0.329 e. The monoisotopic (exact) mass is 362 g/mol. The maximum atomic E-state index is 12.8. The molecule has 27 heavy (non-hydrogen) atoms. The third-order valence-corrected chi connectivity index (χ3v) is 5.03. The maximum absolute atomic E-state index is 12.8. The molecule has 2 aromatic heterocycles. The molecule has 4 rings (SSSR count). The van der Waals surface area contributed by atoms with E-state index >= 15 is 0 Å². The van der Waals surface area contributed by atoms with Gasteiger partial charge < -0.3 is 14.8 Å². The van der Waals surface area contributed by atoms with Gasteiger partial charge in [0.15, 0.2) is 0 Å². The van der Waals surface area contributed by atoms with Crippen molar-refractivity contribution in [2.75, 3.05) is 16.8 Å². The van der Waals surface area contributed by atoms with Crippen molar-refractivity contribution < 1.29 is 4.79 Å². The summed E-state index contributed by atoms with van der Waals surface area (Å²) in [5.41, 5.74) is 3.92. The molecule has 0 saturated carbocycles. The SMILES string of the molecule is Cc1ncn(-c2ccc(NC(=O)C3CCCN3c3ncccn3)cc2)c1C. The van der Waals surface area contributed by atoms with Crippen molar-refractivity contribution in [1.82, 2.24) is 19.5 Å². The fourth-order valence-electron chi connectivity index (χ4n) is 3.41. The molecule has 1 saturated heterocycles. The topological polar surface area (TPSA) is 75.9 Å². The smallest absolute Gasteiger partial charge is 0.247 e. The van der Waals surface area contributed by atoms with E-state index in [4.69, 9.17) is 0 Å². The van der Waals surface area contributed by atoms with Gasteiger partial charge in [0.1, 0.15) is 6.04 Å². The number of hydrogen-bond donors (Lipinski definition) is 1. The van der Waals surface area contributed by atoms with E-state index in [-0.39, 0.29) is 11.9 Å². The number of aromatic nitrogens is 4. The van der Waals surface area contributed by atoms with E-state index in [0.717, 1.165) is 42.1 Å². The zero-order chi connectivity index (χ0) is 18.8. The van der Waals surface area contributed by atoms with Crippen molar-refractivity contribution in [3.8, 4) is 5.69 Å². The molecule has 1 aromatic carbocycles. The first kappa shape index (κ1) is 17.2. The molecule has 0 radical (unpaired) electrons. The third-order valence-electron chi connectivity index (χ3n) is 5.03. The van der Waals surface area contributed by atoms with Gasteiger partial charge in [-0.3, -0.25) is 4.79 Å². The standard InChI is InChI=1S/C20H22N6O/c1-14-15(2)26(13-23-14)17-8-6-16(7-9-17)24-19(27)18-5-3-12-25(18)20-21-10-4-11-22-20/h4,6-11,13,18H,3,5,12H2,1-2H3,(H,24,27). The van der Waals surface area contributed by atoms with Gasteiger partial charge in [-0.05, 0) is 57.0 Å². The average Bonchev–Trinajstić information content (AvgIpc) is 3.31. The van der Waals surface area contributed by atoms with Crippen molar-refractivity contribution in [2.24, 2.45) is 0 Å². The normalized spacial score (nSPS) is 16.5. The van der Waals surface area contributed by atoms with Crippen molar-refractivity contribution in [3.63, 3.8) is 0 Å². The molecule has 0 aliphatic carbocycles. The Hall–Kier alpha value is -3.22. The van der Waals surface area contributed by atoms with Gasteiger partial charge in [0.2, 0.25) is 11.9 Å². The Balaban J connectivity index is 1.47. The number of anilines is 2.